The molecule has 0 saturated heterocycles. The third kappa shape index (κ3) is 4.70. The minimum Gasteiger partial charge on any atom is -0.481 e. The van der Waals surface area contributed by atoms with E-state index in [1.165, 1.54) is 0 Å². The summed E-state index contributed by atoms with van der Waals surface area (Å²) in [6.45, 7) is 5.98. The topological polar surface area (TPSA) is 77.2 Å². The van der Waals surface area contributed by atoms with E-state index in [9.17, 15) is 4.79 Å². The molecule has 1 amide bonds. The summed E-state index contributed by atoms with van der Waals surface area (Å²) in [5, 5.41) is 7.20. The molecule has 0 radical (unpaired) electrons. The molecule has 28 heavy (non-hydrogen) atoms. The highest BCUT2D eigenvalue weighted by atomic mass is 35.5. The lowest BCUT2D eigenvalue weighted by Gasteiger charge is -2.18. The van der Waals surface area contributed by atoms with E-state index >= 15 is 0 Å². The Morgan fingerprint density at radius 3 is 2.61 bits per heavy atom. The van der Waals surface area contributed by atoms with E-state index in [1.54, 1.807) is 19.1 Å². The second kappa shape index (κ2) is 8.89. The lowest BCUT2D eigenvalue weighted by atomic mass is 10.0. The molecule has 2 aromatic carbocycles. The lowest BCUT2D eigenvalue weighted by molar-refractivity contribution is -0.127. The lowest BCUT2D eigenvalue weighted by Crippen LogP contribution is -2.36. The molecule has 0 saturated carbocycles. The first-order valence-corrected chi connectivity index (χ1v) is 9.44. The fourth-order valence-electron chi connectivity index (χ4n) is 2.69. The maximum Gasteiger partial charge on any atom is 0.261 e. The third-order valence-electron chi connectivity index (χ3n) is 4.21. The minimum atomic E-state index is -0.661. The summed E-state index contributed by atoms with van der Waals surface area (Å²) in [5.74, 6) is 1.41. The van der Waals surface area contributed by atoms with Gasteiger partial charge in [-0.15, -0.1) is 0 Å². The molecule has 7 heteroatoms. The number of para-hydroxylation sites is 1. The first-order chi connectivity index (χ1) is 13.5. The molecule has 0 spiro atoms. The molecule has 1 atom stereocenters. The first-order valence-electron chi connectivity index (χ1n) is 9.06. The zero-order chi connectivity index (χ0) is 20.1. The van der Waals surface area contributed by atoms with Crippen LogP contribution < -0.4 is 10.1 Å². The van der Waals surface area contributed by atoms with Gasteiger partial charge in [-0.2, -0.15) is 4.98 Å². The Morgan fingerprint density at radius 1 is 1.14 bits per heavy atom. The highest BCUT2D eigenvalue weighted by Crippen LogP contribution is 2.27. The van der Waals surface area contributed by atoms with E-state index in [2.05, 4.69) is 29.3 Å². The fraction of sp³-hybridized carbons (Fsp3) is 0.286. The van der Waals surface area contributed by atoms with Gasteiger partial charge in [-0.05, 0) is 36.6 Å². The number of carbonyl (C=O) groups excluding carboxylic acids is 1. The maximum absolute atomic E-state index is 12.4. The van der Waals surface area contributed by atoms with E-state index in [4.69, 9.17) is 20.9 Å². The highest BCUT2D eigenvalue weighted by molar-refractivity contribution is 6.33. The van der Waals surface area contributed by atoms with Crippen LogP contribution in [-0.4, -0.2) is 22.2 Å². The summed E-state index contributed by atoms with van der Waals surface area (Å²) < 4.78 is 11.0. The zero-order valence-corrected chi connectivity index (χ0v) is 16.7. The number of ether oxygens (including phenoxy) is 1. The molecule has 0 aliphatic heterocycles. The summed E-state index contributed by atoms with van der Waals surface area (Å²) in [5.41, 5.74) is 1.73. The predicted molar refractivity (Wildman–Crippen MR) is 107 cm³/mol. The van der Waals surface area contributed by atoms with Crippen molar-refractivity contribution in [3.05, 3.63) is 65.0 Å². The normalized spacial score (nSPS) is 12.0. The number of nitrogens with one attached hydrogen (secondary N) is 1. The Bertz CT molecular complexity index is 955. The molecule has 0 fully saturated rings. The molecule has 6 nitrogen and oxygen atoms in total. The van der Waals surface area contributed by atoms with Crippen molar-refractivity contribution in [1.82, 2.24) is 15.5 Å². The SMILES string of the molecule is CC(C)c1ccccc1O[C@@H](C)C(=O)NCc1nc(-c2ccccc2Cl)no1. The molecule has 146 valence electrons. The van der Waals surface area contributed by atoms with Gasteiger partial charge < -0.3 is 14.6 Å². The van der Waals surface area contributed by atoms with Crippen LogP contribution >= 0.6 is 11.6 Å². The molecule has 1 N–H and O–H groups in total. The van der Waals surface area contributed by atoms with Crippen LogP contribution in [0.3, 0.4) is 0 Å². The van der Waals surface area contributed by atoms with Gasteiger partial charge in [0.15, 0.2) is 6.10 Å². The smallest absolute Gasteiger partial charge is 0.261 e. The van der Waals surface area contributed by atoms with Crippen molar-refractivity contribution in [2.45, 2.75) is 39.3 Å². The van der Waals surface area contributed by atoms with Gasteiger partial charge in [0.2, 0.25) is 11.7 Å². The maximum atomic E-state index is 12.4. The van der Waals surface area contributed by atoms with Gasteiger partial charge in [-0.3, -0.25) is 4.79 Å². The van der Waals surface area contributed by atoms with Gasteiger partial charge in [-0.25, -0.2) is 0 Å². The van der Waals surface area contributed by atoms with E-state index in [0.717, 1.165) is 5.56 Å². The number of amides is 1. The summed E-state index contributed by atoms with van der Waals surface area (Å²) in [4.78, 5) is 16.7. The number of rotatable bonds is 7. The molecule has 0 unspecified atom stereocenters. The molecule has 3 aromatic rings. The molecular formula is C21H22ClN3O3. The Morgan fingerprint density at radius 2 is 1.86 bits per heavy atom. The summed E-state index contributed by atoms with van der Waals surface area (Å²) >= 11 is 6.14. The number of halogens is 1. The van der Waals surface area contributed by atoms with Gasteiger partial charge >= 0.3 is 0 Å². The average molecular weight is 400 g/mol. The van der Waals surface area contributed by atoms with Crippen LogP contribution in [0.5, 0.6) is 5.75 Å². The second-order valence-corrected chi connectivity index (χ2v) is 7.07. The number of carbonyl (C=O) groups is 1. The summed E-state index contributed by atoms with van der Waals surface area (Å²) in [7, 11) is 0. The van der Waals surface area contributed by atoms with E-state index in [1.807, 2.05) is 36.4 Å². The standard InChI is InChI=1S/C21H22ClN3O3/c1-13(2)15-8-5-7-11-18(15)27-14(3)21(26)23-12-19-24-20(25-28-19)16-9-4-6-10-17(16)22/h4-11,13-14H,12H2,1-3H3,(H,23,26)/t14-/m0/s1. The summed E-state index contributed by atoms with van der Waals surface area (Å²) in [6, 6.07) is 14.9. The Balaban J connectivity index is 1.59. The minimum absolute atomic E-state index is 0.107. The van der Waals surface area contributed by atoms with Gasteiger partial charge in [-0.1, -0.05) is 60.9 Å². The number of aromatic nitrogens is 2. The average Bonchev–Trinajstić information content (AvgIpc) is 3.15. The molecular weight excluding hydrogens is 378 g/mol. The molecule has 0 aliphatic carbocycles. The van der Waals surface area contributed by atoms with Crippen LogP contribution in [0.2, 0.25) is 5.02 Å². The molecule has 0 bridgehead atoms. The quantitative estimate of drug-likeness (QED) is 0.628. The Kier molecular flexibility index (Phi) is 6.31. The van der Waals surface area contributed by atoms with Crippen molar-refractivity contribution < 1.29 is 14.1 Å². The van der Waals surface area contributed by atoms with Crippen LogP contribution in [0.1, 0.15) is 38.1 Å². The largest absolute Gasteiger partial charge is 0.481 e. The van der Waals surface area contributed by atoms with Crippen molar-refractivity contribution >= 4 is 17.5 Å². The van der Waals surface area contributed by atoms with Crippen LogP contribution in [-0.2, 0) is 11.3 Å². The molecule has 3 rings (SSSR count). The van der Waals surface area contributed by atoms with Crippen LogP contribution in [0.25, 0.3) is 11.4 Å². The van der Waals surface area contributed by atoms with Gasteiger partial charge in [0.25, 0.3) is 5.91 Å². The number of hydrogen-bond donors (Lipinski definition) is 1. The molecule has 1 aromatic heterocycles. The number of benzene rings is 2. The second-order valence-electron chi connectivity index (χ2n) is 6.66. The monoisotopic (exact) mass is 399 g/mol. The summed E-state index contributed by atoms with van der Waals surface area (Å²) in [6.07, 6.45) is -0.661. The van der Waals surface area contributed by atoms with Crippen LogP contribution in [0.15, 0.2) is 53.1 Å². The van der Waals surface area contributed by atoms with Crippen LogP contribution in [0.4, 0.5) is 0 Å². The predicted octanol–water partition coefficient (Wildman–Crippen LogP) is 4.60. The first kappa shape index (κ1) is 19.9. The Hall–Kier alpha value is -2.86. The van der Waals surface area contributed by atoms with Gasteiger partial charge in [0.1, 0.15) is 5.75 Å². The van der Waals surface area contributed by atoms with Crippen molar-refractivity contribution in [1.29, 1.82) is 0 Å². The highest BCUT2D eigenvalue weighted by Gasteiger charge is 2.18. The molecule has 0 aliphatic rings. The third-order valence-corrected chi connectivity index (χ3v) is 4.54. The van der Waals surface area contributed by atoms with E-state index < -0.39 is 6.10 Å². The van der Waals surface area contributed by atoms with Crippen molar-refractivity contribution in [2.75, 3.05) is 0 Å². The van der Waals surface area contributed by atoms with E-state index in [0.29, 0.717) is 28.1 Å². The van der Waals surface area contributed by atoms with Crippen molar-refractivity contribution in [3.63, 3.8) is 0 Å². The Labute approximate surface area is 168 Å². The molecule has 1 heterocycles. The van der Waals surface area contributed by atoms with E-state index in [-0.39, 0.29) is 18.3 Å². The number of hydrogen-bond acceptors (Lipinski definition) is 5. The van der Waals surface area contributed by atoms with Crippen LogP contribution in [0, 0.1) is 0 Å². The number of nitrogens with zero attached hydrogens (tertiary/aromatic N) is 2. The van der Waals surface area contributed by atoms with Gasteiger partial charge in [0.05, 0.1) is 11.6 Å². The zero-order valence-electron chi connectivity index (χ0n) is 16.0. The fourth-order valence-corrected chi connectivity index (χ4v) is 2.91. The van der Waals surface area contributed by atoms with Crippen molar-refractivity contribution in [2.24, 2.45) is 0 Å². The van der Waals surface area contributed by atoms with Gasteiger partial charge in [0, 0.05) is 5.56 Å². The van der Waals surface area contributed by atoms with Crippen molar-refractivity contribution in [3.8, 4) is 17.1 Å².